The van der Waals surface area contributed by atoms with Gasteiger partial charge < -0.3 is 15.3 Å². The van der Waals surface area contributed by atoms with Gasteiger partial charge in [-0.3, -0.25) is 0 Å². The van der Waals surface area contributed by atoms with Gasteiger partial charge >= 0.3 is 0 Å². The summed E-state index contributed by atoms with van der Waals surface area (Å²) in [6, 6.07) is 6.42. The third-order valence-corrected chi connectivity index (χ3v) is 4.18. The number of anilines is 1. The van der Waals surface area contributed by atoms with Crippen molar-refractivity contribution in [2.45, 2.75) is 31.9 Å². The lowest BCUT2D eigenvalue weighted by atomic mass is 9.95. The van der Waals surface area contributed by atoms with Crippen LogP contribution in [-0.4, -0.2) is 30.8 Å². The highest BCUT2D eigenvalue weighted by Gasteiger charge is 2.28. The lowest BCUT2D eigenvalue weighted by molar-refractivity contribution is 0.0449. The zero-order valence-electron chi connectivity index (χ0n) is 11.0. The van der Waals surface area contributed by atoms with Gasteiger partial charge in [0.25, 0.3) is 0 Å². The minimum Gasteiger partial charge on any atom is -0.388 e. The molecule has 1 aliphatic heterocycles. The SMILES string of the molecule is CNCc1ccc(N2CCCC(C)(O)C2)cc1Br. The first-order chi connectivity index (χ1) is 8.52. The van der Waals surface area contributed by atoms with Crippen LogP contribution < -0.4 is 10.2 Å². The van der Waals surface area contributed by atoms with Crippen LogP contribution in [0.2, 0.25) is 0 Å². The maximum atomic E-state index is 10.2. The number of hydrogen-bond donors (Lipinski definition) is 2. The van der Waals surface area contributed by atoms with Crippen LogP contribution >= 0.6 is 15.9 Å². The Hall–Kier alpha value is -0.580. The topological polar surface area (TPSA) is 35.5 Å². The van der Waals surface area contributed by atoms with Crippen LogP contribution in [0.4, 0.5) is 5.69 Å². The fourth-order valence-electron chi connectivity index (χ4n) is 2.51. The molecule has 0 radical (unpaired) electrons. The highest BCUT2D eigenvalue weighted by molar-refractivity contribution is 9.10. The van der Waals surface area contributed by atoms with E-state index in [0.29, 0.717) is 6.54 Å². The van der Waals surface area contributed by atoms with Crippen molar-refractivity contribution < 1.29 is 5.11 Å². The molecular weight excluding hydrogens is 292 g/mol. The van der Waals surface area contributed by atoms with Crippen LogP contribution in [0.15, 0.2) is 22.7 Å². The second kappa shape index (κ2) is 5.59. The Kier molecular flexibility index (Phi) is 4.30. The normalized spacial score (nSPS) is 24.3. The van der Waals surface area contributed by atoms with E-state index in [1.165, 1.54) is 11.3 Å². The average molecular weight is 313 g/mol. The maximum absolute atomic E-state index is 10.2. The Bertz CT molecular complexity index is 420. The van der Waals surface area contributed by atoms with Crippen molar-refractivity contribution in [2.24, 2.45) is 0 Å². The van der Waals surface area contributed by atoms with Gasteiger partial charge in [-0.05, 0) is 44.5 Å². The summed E-state index contributed by atoms with van der Waals surface area (Å²) in [5.74, 6) is 0. The molecule has 1 unspecified atom stereocenters. The average Bonchev–Trinajstić information content (AvgIpc) is 2.30. The van der Waals surface area contributed by atoms with Crippen molar-refractivity contribution >= 4 is 21.6 Å². The van der Waals surface area contributed by atoms with Gasteiger partial charge in [-0.2, -0.15) is 0 Å². The Morgan fingerprint density at radius 1 is 1.50 bits per heavy atom. The van der Waals surface area contributed by atoms with E-state index in [-0.39, 0.29) is 0 Å². The first-order valence-electron chi connectivity index (χ1n) is 6.42. The van der Waals surface area contributed by atoms with Crippen molar-refractivity contribution in [3.8, 4) is 0 Å². The van der Waals surface area contributed by atoms with Crippen LogP contribution in [0.25, 0.3) is 0 Å². The molecule has 100 valence electrons. The summed E-state index contributed by atoms with van der Waals surface area (Å²) in [7, 11) is 1.95. The third-order valence-electron chi connectivity index (χ3n) is 3.44. The zero-order chi connectivity index (χ0) is 13.2. The number of halogens is 1. The van der Waals surface area contributed by atoms with E-state index < -0.39 is 5.60 Å². The standard InChI is InChI=1S/C14H21BrN2O/c1-14(18)6-3-7-17(10-14)12-5-4-11(9-16-2)13(15)8-12/h4-5,8,16,18H,3,6-7,9-10H2,1-2H3. The summed E-state index contributed by atoms with van der Waals surface area (Å²) < 4.78 is 1.12. The van der Waals surface area contributed by atoms with Gasteiger partial charge in [0.1, 0.15) is 0 Å². The Morgan fingerprint density at radius 2 is 2.28 bits per heavy atom. The molecule has 0 saturated carbocycles. The number of β-amino-alcohol motifs (C(OH)–C–C–N with tert-alkyl or cyclic N) is 1. The number of rotatable bonds is 3. The minimum absolute atomic E-state index is 0.561. The lowest BCUT2D eigenvalue weighted by Gasteiger charge is -2.38. The summed E-state index contributed by atoms with van der Waals surface area (Å²) in [6.07, 6.45) is 1.94. The second-order valence-electron chi connectivity index (χ2n) is 5.33. The number of benzene rings is 1. The van der Waals surface area contributed by atoms with Gasteiger partial charge in [-0.1, -0.05) is 22.0 Å². The second-order valence-corrected chi connectivity index (χ2v) is 6.18. The van der Waals surface area contributed by atoms with E-state index in [0.717, 1.165) is 30.4 Å². The predicted octanol–water partition coefficient (Wildman–Crippen LogP) is 2.52. The van der Waals surface area contributed by atoms with E-state index in [1.54, 1.807) is 0 Å². The first kappa shape index (κ1) is 13.8. The fourth-order valence-corrected chi connectivity index (χ4v) is 3.01. The summed E-state index contributed by atoms with van der Waals surface area (Å²) in [5.41, 5.74) is 1.88. The minimum atomic E-state index is -0.561. The molecule has 1 aromatic rings. The monoisotopic (exact) mass is 312 g/mol. The van der Waals surface area contributed by atoms with Crippen molar-refractivity contribution in [1.82, 2.24) is 5.32 Å². The molecule has 1 fully saturated rings. The van der Waals surface area contributed by atoms with Gasteiger partial charge in [0.05, 0.1) is 5.60 Å². The lowest BCUT2D eigenvalue weighted by Crippen LogP contribution is -2.46. The van der Waals surface area contributed by atoms with E-state index in [9.17, 15) is 5.11 Å². The number of aliphatic hydroxyl groups is 1. The molecule has 0 amide bonds. The van der Waals surface area contributed by atoms with Gasteiger partial charge in [-0.15, -0.1) is 0 Å². The summed E-state index contributed by atoms with van der Waals surface area (Å²) >= 11 is 3.61. The number of piperidine rings is 1. The molecule has 1 saturated heterocycles. The Morgan fingerprint density at radius 3 is 2.89 bits per heavy atom. The summed E-state index contributed by atoms with van der Waals surface area (Å²) in [4.78, 5) is 2.26. The molecular formula is C14H21BrN2O. The molecule has 2 N–H and O–H groups in total. The summed E-state index contributed by atoms with van der Waals surface area (Å²) in [6.45, 7) is 4.51. The van der Waals surface area contributed by atoms with E-state index in [2.05, 4.69) is 44.3 Å². The molecule has 0 spiro atoms. The van der Waals surface area contributed by atoms with Gasteiger partial charge in [-0.25, -0.2) is 0 Å². The molecule has 1 atom stereocenters. The number of hydrogen-bond acceptors (Lipinski definition) is 3. The molecule has 0 aliphatic carbocycles. The number of nitrogens with zero attached hydrogens (tertiary/aromatic N) is 1. The van der Waals surface area contributed by atoms with Crippen molar-refractivity contribution in [3.05, 3.63) is 28.2 Å². The van der Waals surface area contributed by atoms with E-state index in [1.807, 2.05) is 14.0 Å². The molecule has 1 aromatic carbocycles. The van der Waals surface area contributed by atoms with Crippen LogP contribution in [0.3, 0.4) is 0 Å². The van der Waals surface area contributed by atoms with Gasteiger partial charge in [0, 0.05) is 29.8 Å². The highest BCUT2D eigenvalue weighted by Crippen LogP contribution is 2.29. The van der Waals surface area contributed by atoms with Crippen molar-refractivity contribution in [3.63, 3.8) is 0 Å². The molecule has 0 bridgehead atoms. The van der Waals surface area contributed by atoms with Gasteiger partial charge in [0.2, 0.25) is 0 Å². The molecule has 2 rings (SSSR count). The molecule has 3 nitrogen and oxygen atoms in total. The Labute approximate surface area is 117 Å². The summed E-state index contributed by atoms with van der Waals surface area (Å²) in [5, 5.41) is 13.3. The van der Waals surface area contributed by atoms with Crippen LogP contribution in [0.1, 0.15) is 25.3 Å². The molecule has 4 heteroatoms. The van der Waals surface area contributed by atoms with Crippen molar-refractivity contribution in [1.29, 1.82) is 0 Å². The van der Waals surface area contributed by atoms with Crippen LogP contribution in [-0.2, 0) is 6.54 Å². The Balaban J connectivity index is 2.16. The maximum Gasteiger partial charge on any atom is 0.0794 e. The van der Waals surface area contributed by atoms with Crippen LogP contribution in [0, 0.1) is 0 Å². The van der Waals surface area contributed by atoms with E-state index in [4.69, 9.17) is 0 Å². The largest absolute Gasteiger partial charge is 0.388 e. The van der Waals surface area contributed by atoms with Crippen molar-refractivity contribution in [2.75, 3.05) is 25.0 Å². The first-order valence-corrected chi connectivity index (χ1v) is 7.21. The third kappa shape index (κ3) is 3.25. The van der Waals surface area contributed by atoms with Crippen LogP contribution in [0.5, 0.6) is 0 Å². The molecule has 1 heterocycles. The van der Waals surface area contributed by atoms with E-state index >= 15 is 0 Å². The fraction of sp³-hybridized carbons (Fsp3) is 0.571. The van der Waals surface area contributed by atoms with Gasteiger partial charge in [0.15, 0.2) is 0 Å². The number of nitrogens with one attached hydrogen (secondary N) is 1. The predicted molar refractivity (Wildman–Crippen MR) is 79.0 cm³/mol. The quantitative estimate of drug-likeness (QED) is 0.900. The smallest absolute Gasteiger partial charge is 0.0794 e. The molecule has 1 aliphatic rings. The molecule has 0 aromatic heterocycles. The highest BCUT2D eigenvalue weighted by atomic mass is 79.9. The molecule has 18 heavy (non-hydrogen) atoms. The zero-order valence-corrected chi connectivity index (χ0v) is 12.6.